The van der Waals surface area contributed by atoms with E-state index in [1.54, 1.807) is 0 Å². The number of aliphatic hydroxyl groups excluding tert-OH is 1. The first-order valence-corrected chi connectivity index (χ1v) is 5.96. The summed E-state index contributed by atoms with van der Waals surface area (Å²) >= 11 is 0. The number of aliphatic hydroxyl groups is 1. The number of aromatic nitrogens is 2. The Morgan fingerprint density at radius 3 is 2.88 bits per heavy atom. The molecular formula is C13H16N2O. The number of fused-ring (bicyclic) bond motifs is 1. The summed E-state index contributed by atoms with van der Waals surface area (Å²) in [6.45, 7) is 0.0910. The highest BCUT2D eigenvalue weighted by Crippen LogP contribution is 2.33. The van der Waals surface area contributed by atoms with E-state index >= 15 is 0 Å². The van der Waals surface area contributed by atoms with Crippen LogP contribution in [0, 0.1) is 0 Å². The molecule has 1 fully saturated rings. The molecule has 16 heavy (non-hydrogen) atoms. The third kappa shape index (κ3) is 1.61. The second kappa shape index (κ2) is 3.91. The molecule has 3 heteroatoms. The monoisotopic (exact) mass is 216 g/mol. The molecular weight excluding hydrogens is 200 g/mol. The van der Waals surface area contributed by atoms with Gasteiger partial charge in [-0.1, -0.05) is 18.9 Å². The zero-order valence-electron chi connectivity index (χ0n) is 9.24. The molecule has 2 N–H and O–H groups in total. The SMILES string of the molecule is OCc1ccc2nc(C3CCCC3)[nH]c2c1. The molecule has 1 aliphatic carbocycles. The highest BCUT2D eigenvalue weighted by atomic mass is 16.3. The minimum absolute atomic E-state index is 0.0910. The lowest BCUT2D eigenvalue weighted by Gasteiger charge is -2.02. The molecule has 0 aliphatic heterocycles. The van der Waals surface area contributed by atoms with Crippen LogP contribution in [0.25, 0.3) is 11.0 Å². The van der Waals surface area contributed by atoms with Gasteiger partial charge in [0.25, 0.3) is 0 Å². The van der Waals surface area contributed by atoms with Gasteiger partial charge in [0.2, 0.25) is 0 Å². The Balaban J connectivity index is 2.01. The standard InChI is InChI=1S/C13H16N2O/c16-8-9-5-6-11-12(7-9)15-13(14-11)10-3-1-2-4-10/h5-7,10,16H,1-4,8H2,(H,14,15). The van der Waals surface area contributed by atoms with Crippen LogP contribution in [-0.4, -0.2) is 15.1 Å². The van der Waals surface area contributed by atoms with E-state index in [1.165, 1.54) is 25.7 Å². The Bertz CT molecular complexity index is 498. The van der Waals surface area contributed by atoms with Crippen molar-refractivity contribution in [3.63, 3.8) is 0 Å². The highest BCUT2D eigenvalue weighted by molar-refractivity contribution is 5.75. The predicted molar refractivity (Wildman–Crippen MR) is 63.2 cm³/mol. The van der Waals surface area contributed by atoms with Crippen LogP contribution in [0.3, 0.4) is 0 Å². The number of nitrogens with one attached hydrogen (secondary N) is 1. The summed E-state index contributed by atoms with van der Waals surface area (Å²) in [7, 11) is 0. The number of benzene rings is 1. The van der Waals surface area contributed by atoms with Gasteiger partial charge in [-0.25, -0.2) is 4.98 Å². The normalized spacial score (nSPS) is 17.3. The molecule has 0 bridgehead atoms. The van der Waals surface area contributed by atoms with Crippen LogP contribution in [-0.2, 0) is 6.61 Å². The van der Waals surface area contributed by atoms with Crippen molar-refractivity contribution in [2.45, 2.75) is 38.2 Å². The van der Waals surface area contributed by atoms with Gasteiger partial charge in [-0.3, -0.25) is 0 Å². The van der Waals surface area contributed by atoms with Crippen LogP contribution >= 0.6 is 0 Å². The highest BCUT2D eigenvalue weighted by Gasteiger charge is 2.20. The molecule has 0 amide bonds. The van der Waals surface area contributed by atoms with Crippen molar-refractivity contribution >= 4 is 11.0 Å². The van der Waals surface area contributed by atoms with E-state index in [4.69, 9.17) is 5.11 Å². The summed E-state index contributed by atoms with van der Waals surface area (Å²) in [5, 5.41) is 9.08. The first kappa shape index (κ1) is 9.85. The van der Waals surface area contributed by atoms with E-state index in [0.717, 1.165) is 22.4 Å². The van der Waals surface area contributed by atoms with Gasteiger partial charge in [0.15, 0.2) is 0 Å². The second-order valence-electron chi connectivity index (χ2n) is 4.61. The first-order valence-electron chi connectivity index (χ1n) is 5.96. The molecule has 0 saturated heterocycles. The Morgan fingerprint density at radius 1 is 1.31 bits per heavy atom. The number of hydrogen-bond donors (Lipinski definition) is 2. The van der Waals surface area contributed by atoms with Gasteiger partial charge in [0.05, 0.1) is 17.6 Å². The molecule has 1 saturated carbocycles. The molecule has 0 unspecified atom stereocenters. The zero-order valence-corrected chi connectivity index (χ0v) is 9.24. The lowest BCUT2D eigenvalue weighted by atomic mass is 10.1. The number of aromatic amines is 1. The average molecular weight is 216 g/mol. The average Bonchev–Trinajstić information content (AvgIpc) is 2.96. The maximum absolute atomic E-state index is 9.08. The predicted octanol–water partition coefficient (Wildman–Crippen LogP) is 2.71. The van der Waals surface area contributed by atoms with Gasteiger partial charge < -0.3 is 10.1 Å². The van der Waals surface area contributed by atoms with Crippen molar-refractivity contribution < 1.29 is 5.11 Å². The molecule has 2 aromatic rings. The second-order valence-corrected chi connectivity index (χ2v) is 4.61. The molecule has 3 rings (SSSR count). The fourth-order valence-corrected chi connectivity index (χ4v) is 2.57. The smallest absolute Gasteiger partial charge is 0.110 e. The summed E-state index contributed by atoms with van der Waals surface area (Å²) in [5.74, 6) is 1.74. The molecule has 1 aromatic heterocycles. The minimum atomic E-state index is 0.0910. The zero-order chi connectivity index (χ0) is 11.0. The number of rotatable bonds is 2. The van der Waals surface area contributed by atoms with E-state index in [9.17, 15) is 0 Å². The quantitative estimate of drug-likeness (QED) is 0.810. The van der Waals surface area contributed by atoms with Gasteiger partial charge in [-0.2, -0.15) is 0 Å². The van der Waals surface area contributed by atoms with Gasteiger partial charge in [-0.15, -0.1) is 0 Å². The van der Waals surface area contributed by atoms with E-state index in [0.29, 0.717) is 5.92 Å². The summed E-state index contributed by atoms with van der Waals surface area (Å²) < 4.78 is 0. The van der Waals surface area contributed by atoms with E-state index in [2.05, 4.69) is 9.97 Å². The van der Waals surface area contributed by atoms with Crippen LogP contribution < -0.4 is 0 Å². The molecule has 1 aliphatic rings. The van der Waals surface area contributed by atoms with Crippen LogP contribution in [0.5, 0.6) is 0 Å². The Hall–Kier alpha value is -1.35. The van der Waals surface area contributed by atoms with Gasteiger partial charge >= 0.3 is 0 Å². The van der Waals surface area contributed by atoms with Gasteiger partial charge in [0, 0.05) is 5.92 Å². The third-order valence-electron chi connectivity index (χ3n) is 3.49. The fourth-order valence-electron chi connectivity index (χ4n) is 2.57. The molecule has 84 valence electrons. The molecule has 1 aromatic carbocycles. The van der Waals surface area contributed by atoms with Crippen molar-refractivity contribution in [3.8, 4) is 0 Å². The lowest BCUT2D eigenvalue weighted by molar-refractivity contribution is 0.282. The fraction of sp³-hybridized carbons (Fsp3) is 0.462. The maximum atomic E-state index is 9.08. The summed E-state index contributed by atoms with van der Waals surface area (Å²) in [6, 6.07) is 5.90. The molecule has 3 nitrogen and oxygen atoms in total. The molecule has 0 radical (unpaired) electrons. The number of nitrogens with zero attached hydrogens (tertiary/aromatic N) is 1. The summed E-state index contributed by atoms with van der Waals surface area (Å²) in [5.41, 5.74) is 3.00. The first-order chi connectivity index (χ1) is 7.86. The summed E-state index contributed by atoms with van der Waals surface area (Å²) in [4.78, 5) is 8.02. The van der Waals surface area contributed by atoms with Crippen molar-refractivity contribution in [1.29, 1.82) is 0 Å². The Morgan fingerprint density at radius 2 is 2.12 bits per heavy atom. The number of hydrogen-bond acceptors (Lipinski definition) is 2. The van der Waals surface area contributed by atoms with Crippen LogP contribution in [0.4, 0.5) is 0 Å². The Kier molecular flexibility index (Phi) is 2.40. The van der Waals surface area contributed by atoms with Crippen molar-refractivity contribution in [1.82, 2.24) is 9.97 Å². The molecule has 0 atom stereocenters. The number of imidazole rings is 1. The van der Waals surface area contributed by atoms with Crippen molar-refractivity contribution in [2.24, 2.45) is 0 Å². The van der Waals surface area contributed by atoms with E-state index in [-0.39, 0.29) is 6.61 Å². The number of H-pyrrole nitrogens is 1. The summed E-state index contributed by atoms with van der Waals surface area (Å²) in [6.07, 6.45) is 5.16. The van der Waals surface area contributed by atoms with Gasteiger partial charge in [-0.05, 0) is 30.5 Å². The van der Waals surface area contributed by atoms with E-state index < -0.39 is 0 Å². The maximum Gasteiger partial charge on any atom is 0.110 e. The molecule has 1 heterocycles. The van der Waals surface area contributed by atoms with Crippen molar-refractivity contribution in [3.05, 3.63) is 29.6 Å². The van der Waals surface area contributed by atoms with Crippen LogP contribution in [0.15, 0.2) is 18.2 Å². The van der Waals surface area contributed by atoms with Crippen molar-refractivity contribution in [2.75, 3.05) is 0 Å². The van der Waals surface area contributed by atoms with Gasteiger partial charge in [0.1, 0.15) is 5.82 Å². The lowest BCUT2D eigenvalue weighted by Crippen LogP contribution is -1.93. The van der Waals surface area contributed by atoms with Crippen LogP contribution in [0.1, 0.15) is 43.0 Å². The Labute approximate surface area is 94.5 Å². The largest absolute Gasteiger partial charge is 0.392 e. The topological polar surface area (TPSA) is 48.9 Å². The third-order valence-corrected chi connectivity index (χ3v) is 3.49. The van der Waals surface area contributed by atoms with E-state index in [1.807, 2.05) is 18.2 Å². The molecule has 0 spiro atoms. The minimum Gasteiger partial charge on any atom is -0.392 e. The van der Waals surface area contributed by atoms with Crippen LogP contribution in [0.2, 0.25) is 0 Å².